The standard InChI is InChI=1S/C13H25N3O/c1-2-7-15(8-3-1)13(5-4-6-14-13)16-9-11-17-12-10-16/h14H,1-12H2. The molecular weight excluding hydrogens is 214 g/mol. The summed E-state index contributed by atoms with van der Waals surface area (Å²) in [4.78, 5) is 5.34. The molecule has 0 spiro atoms. The Labute approximate surface area is 104 Å². The first-order valence-corrected chi connectivity index (χ1v) is 7.25. The van der Waals surface area contributed by atoms with E-state index in [4.69, 9.17) is 4.74 Å². The lowest BCUT2D eigenvalue weighted by molar-refractivity contribution is -0.117. The Bertz CT molecular complexity index is 221. The molecule has 3 heterocycles. The van der Waals surface area contributed by atoms with Gasteiger partial charge in [-0.25, -0.2) is 0 Å². The zero-order valence-electron chi connectivity index (χ0n) is 10.8. The van der Waals surface area contributed by atoms with Gasteiger partial charge in [-0.2, -0.15) is 0 Å². The Kier molecular flexibility index (Phi) is 3.66. The Balaban J connectivity index is 1.75. The summed E-state index contributed by atoms with van der Waals surface area (Å²) in [5.41, 5.74) is 0. The van der Waals surface area contributed by atoms with Gasteiger partial charge in [0.25, 0.3) is 0 Å². The van der Waals surface area contributed by atoms with Gasteiger partial charge in [0.1, 0.15) is 5.79 Å². The molecule has 3 fully saturated rings. The minimum Gasteiger partial charge on any atom is -0.379 e. The van der Waals surface area contributed by atoms with Crippen LogP contribution in [0.2, 0.25) is 0 Å². The van der Waals surface area contributed by atoms with Crippen molar-refractivity contribution in [3.63, 3.8) is 0 Å². The number of nitrogens with one attached hydrogen (secondary N) is 1. The summed E-state index contributed by atoms with van der Waals surface area (Å²) in [5, 5.41) is 3.81. The molecule has 0 radical (unpaired) electrons. The van der Waals surface area contributed by atoms with E-state index in [-0.39, 0.29) is 5.79 Å². The van der Waals surface area contributed by atoms with Crippen molar-refractivity contribution in [2.24, 2.45) is 0 Å². The van der Waals surface area contributed by atoms with Crippen molar-refractivity contribution in [2.45, 2.75) is 37.9 Å². The Morgan fingerprint density at radius 3 is 2.18 bits per heavy atom. The van der Waals surface area contributed by atoms with Crippen LogP contribution < -0.4 is 5.32 Å². The molecule has 1 atom stereocenters. The van der Waals surface area contributed by atoms with E-state index >= 15 is 0 Å². The van der Waals surface area contributed by atoms with Crippen LogP contribution in [-0.4, -0.2) is 61.5 Å². The molecule has 98 valence electrons. The topological polar surface area (TPSA) is 27.7 Å². The molecule has 0 aromatic rings. The number of likely N-dealkylation sites (tertiary alicyclic amines) is 1. The fourth-order valence-corrected chi connectivity index (χ4v) is 3.65. The van der Waals surface area contributed by atoms with Crippen LogP contribution >= 0.6 is 0 Å². The summed E-state index contributed by atoms with van der Waals surface area (Å²) in [6.45, 7) is 7.68. The van der Waals surface area contributed by atoms with Gasteiger partial charge in [-0.3, -0.25) is 15.1 Å². The van der Waals surface area contributed by atoms with Gasteiger partial charge in [0.2, 0.25) is 0 Å². The van der Waals surface area contributed by atoms with Crippen molar-refractivity contribution in [3.8, 4) is 0 Å². The number of morpholine rings is 1. The zero-order chi connectivity index (χ0) is 11.6. The quantitative estimate of drug-likeness (QED) is 0.773. The number of hydrogen-bond acceptors (Lipinski definition) is 4. The maximum atomic E-state index is 5.50. The lowest BCUT2D eigenvalue weighted by atomic mass is 10.1. The highest BCUT2D eigenvalue weighted by atomic mass is 16.5. The highest BCUT2D eigenvalue weighted by molar-refractivity contribution is 4.94. The van der Waals surface area contributed by atoms with Crippen LogP contribution in [-0.2, 0) is 4.74 Å². The largest absolute Gasteiger partial charge is 0.379 e. The minimum atomic E-state index is 0.171. The molecule has 0 saturated carbocycles. The summed E-state index contributed by atoms with van der Waals surface area (Å²) < 4.78 is 5.50. The first-order chi connectivity index (χ1) is 8.42. The zero-order valence-corrected chi connectivity index (χ0v) is 10.8. The molecule has 0 amide bonds. The highest BCUT2D eigenvalue weighted by Crippen LogP contribution is 2.31. The van der Waals surface area contributed by atoms with Gasteiger partial charge >= 0.3 is 0 Å². The van der Waals surface area contributed by atoms with Gasteiger partial charge in [0.15, 0.2) is 0 Å². The molecule has 1 unspecified atom stereocenters. The Morgan fingerprint density at radius 1 is 0.824 bits per heavy atom. The van der Waals surface area contributed by atoms with Crippen LogP contribution in [0, 0.1) is 0 Å². The third kappa shape index (κ3) is 2.24. The molecule has 4 nitrogen and oxygen atoms in total. The van der Waals surface area contributed by atoms with Gasteiger partial charge in [-0.15, -0.1) is 0 Å². The van der Waals surface area contributed by atoms with E-state index in [2.05, 4.69) is 15.1 Å². The SMILES string of the molecule is C1CCN(C2(N3CCOCC3)CCCN2)CC1. The van der Waals surface area contributed by atoms with Crippen molar-refractivity contribution >= 4 is 0 Å². The second kappa shape index (κ2) is 5.22. The van der Waals surface area contributed by atoms with Crippen molar-refractivity contribution in [1.29, 1.82) is 0 Å². The van der Waals surface area contributed by atoms with Crippen LogP contribution in [0.5, 0.6) is 0 Å². The number of hydrogen-bond donors (Lipinski definition) is 1. The second-order valence-electron chi connectivity index (χ2n) is 5.49. The van der Waals surface area contributed by atoms with Gasteiger partial charge in [-0.1, -0.05) is 6.42 Å². The first kappa shape index (κ1) is 11.9. The van der Waals surface area contributed by atoms with Gasteiger partial charge < -0.3 is 4.74 Å². The van der Waals surface area contributed by atoms with E-state index in [0.717, 1.165) is 26.3 Å². The molecule has 0 aliphatic carbocycles. The molecule has 1 N–H and O–H groups in total. The monoisotopic (exact) mass is 239 g/mol. The van der Waals surface area contributed by atoms with Gasteiger partial charge in [0.05, 0.1) is 13.2 Å². The molecule has 0 aromatic heterocycles. The molecule has 3 rings (SSSR count). The maximum Gasteiger partial charge on any atom is 0.128 e. The molecule has 3 aliphatic heterocycles. The predicted octanol–water partition coefficient (Wildman–Crippen LogP) is 0.842. The van der Waals surface area contributed by atoms with E-state index < -0.39 is 0 Å². The van der Waals surface area contributed by atoms with Gasteiger partial charge in [0, 0.05) is 26.2 Å². The smallest absolute Gasteiger partial charge is 0.128 e. The molecular formula is C13H25N3O. The third-order valence-corrected chi connectivity index (χ3v) is 4.52. The van der Waals surface area contributed by atoms with Crippen LogP contribution in [0.25, 0.3) is 0 Å². The molecule has 17 heavy (non-hydrogen) atoms. The average Bonchev–Trinajstić information content (AvgIpc) is 2.91. The van der Waals surface area contributed by atoms with Gasteiger partial charge in [-0.05, 0) is 32.2 Å². The predicted molar refractivity (Wildman–Crippen MR) is 67.8 cm³/mol. The molecule has 0 aromatic carbocycles. The number of piperidine rings is 1. The highest BCUT2D eigenvalue weighted by Gasteiger charge is 2.44. The Hall–Kier alpha value is -0.160. The first-order valence-electron chi connectivity index (χ1n) is 7.25. The molecule has 3 saturated heterocycles. The lowest BCUT2D eigenvalue weighted by Crippen LogP contribution is -2.69. The summed E-state index contributed by atoms with van der Waals surface area (Å²) in [6.07, 6.45) is 6.75. The summed E-state index contributed by atoms with van der Waals surface area (Å²) >= 11 is 0. The molecule has 0 bridgehead atoms. The molecule has 4 heteroatoms. The molecule has 3 aliphatic rings. The van der Waals surface area contributed by atoms with Crippen molar-refractivity contribution < 1.29 is 4.74 Å². The number of nitrogens with zero attached hydrogens (tertiary/aromatic N) is 2. The van der Waals surface area contributed by atoms with Crippen molar-refractivity contribution in [3.05, 3.63) is 0 Å². The van der Waals surface area contributed by atoms with E-state index in [9.17, 15) is 0 Å². The minimum absolute atomic E-state index is 0.171. The fourth-order valence-electron chi connectivity index (χ4n) is 3.65. The van der Waals surface area contributed by atoms with Crippen molar-refractivity contribution in [2.75, 3.05) is 45.9 Å². The number of ether oxygens (including phenoxy) is 1. The summed E-state index contributed by atoms with van der Waals surface area (Å²) in [6, 6.07) is 0. The van der Waals surface area contributed by atoms with Crippen LogP contribution in [0.4, 0.5) is 0 Å². The lowest BCUT2D eigenvalue weighted by Gasteiger charge is -2.51. The van der Waals surface area contributed by atoms with Crippen LogP contribution in [0.15, 0.2) is 0 Å². The van der Waals surface area contributed by atoms with E-state index in [1.54, 1.807) is 0 Å². The maximum absolute atomic E-state index is 5.50. The van der Waals surface area contributed by atoms with E-state index in [1.165, 1.54) is 51.7 Å². The van der Waals surface area contributed by atoms with Crippen LogP contribution in [0.3, 0.4) is 0 Å². The van der Waals surface area contributed by atoms with Crippen LogP contribution in [0.1, 0.15) is 32.1 Å². The summed E-state index contributed by atoms with van der Waals surface area (Å²) in [5.74, 6) is 0.171. The second-order valence-corrected chi connectivity index (χ2v) is 5.49. The number of rotatable bonds is 2. The van der Waals surface area contributed by atoms with E-state index in [0.29, 0.717) is 0 Å². The third-order valence-electron chi connectivity index (χ3n) is 4.52. The Morgan fingerprint density at radius 2 is 1.53 bits per heavy atom. The fraction of sp³-hybridized carbons (Fsp3) is 1.00. The summed E-state index contributed by atoms with van der Waals surface area (Å²) in [7, 11) is 0. The normalized spacial score (nSPS) is 37.4. The van der Waals surface area contributed by atoms with E-state index in [1.807, 2.05) is 0 Å². The average molecular weight is 239 g/mol. The van der Waals surface area contributed by atoms with Crippen molar-refractivity contribution in [1.82, 2.24) is 15.1 Å².